The highest BCUT2D eigenvalue weighted by Gasteiger charge is 2.37. The highest BCUT2D eigenvalue weighted by molar-refractivity contribution is 5.89. The molecule has 108 valence electrons. The molecule has 2 saturated heterocycles. The number of hydrogen-bond acceptors (Lipinski definition) is 4. The van der Waals surface area contributed by atoms with Gasteiger partial charge in [0.05, 0.1) is 12.5 Å². The summed E-state index contributed by atoms with van der Waals surface area (Å²) in [5, 5.41) is 3.27. The Kier molecular flexibility index (Phi) is 4.76. The number of rotatable bonds is 4. The Morgan fingerprint density at radius 2 is 2.32 bits per heavy atom. The fourth-order valence-corrected chi connectivity index (χ4v) is 2.76. The maximum atomic E-state index is 12.5. The van der Waals surface area contributed by atoms with E-state index < -0.39 is 0 Å². The molecule has 19 heavy (non-hydrogen) atoms. The van der Waals surface area contributed by atoms with Gasteiger partial charge in [-0.25, -0.2) is 0 Å². The molecule has 2 aliphatic heterocycles. The molecule has 2 rings (SSSR count). The average molecular weight is 269 g/mol. The molecule has 0 aromatic heterocycles. The maximum Gasteiger partial charge on any atom is 0.228 e. The van der Waals surface area contributed by atoms with Crippen LogP contribution in [0.5, 0.6) is 0 Å². The number of nitrogens with zero attached hydrogens (tertiary/aromatic N) is 2. The summed E-state index contributed by atoms with van der Waals surface area (Å²) in [6.07, 6.45) is 0.346. The van der Waals surface area contributed by atoms with Crippen LogP contribution in [0.2, 0.25) is 0 Å². The molecule has 6 heteroatoms. The third kappa shape index (κ3) is 3.25. The van der Waals surface area contributed by atoms with Crippen molar-refractivity contribution in [3.05, 3.63) is 0 Å². The van der Waals surface area contributed by atoms with Crippen molar-refractivity contribution in [3.63, 3.8) is 0 Å². The van der Waals surface area contributed by atoms with E-state index in [9.17, 15) is 9.59 Å². The zero-order valence-corrected chi connectivity index (χ0v) is 11.7. The molecule has 0 spiro atoms. The first kappa shape index (κ1) is 14.3. The van der Waals surface area contributed by atoms with E-state index in [1.807, 2.05) is 11.8 Å². The summed E-state index contributed by atoms with van der Waals surface area (Å²) in [7, 11) is 1.62. The number of ether oxygens (including phenoxy) is 1. The lowest BCUT2D eigenvalue weighted by Gasteiger charge is -2.35. The molecule has 0 saturated carbocycles. The fourth-order valence-electron chi connectivity index (χ4n) is 2.76. The number of carbonyl (C=O) groups excluding carboxylic acids is 2. The molecule has 0 bridgehead atoms. The third-order valence-electron chi connectivity index (χ3n) is 3.91. The molecule has 2 fully saturated rings. The Bertz CT molecular complexity index is 348. The monoisotopic (exact) mass is 269 g/mol. The van der Waals surface area contributed by atoms with Crippen molar-refractivity contribution in [3.8, 4) is 0 Å². The maximum absolute atomic E-state index is 12.5. The van der Waals surface area contributed by atoms with Gasteiger partial charge >= 0.3 is 0 Å². The fraction of sp³-hybridized carbons (Fsp3) is 0.846. The van der Waals surface area contributed by atoms with Gasteiger partial charge in [0, 0.05) is 52.3 Å². The van der Waals surface area contributed by atoms with E-state index in [2.05, 4.69) is 5.32 Å². The average Bonchev–Trinajstić information content (AvgIpc) is 2.77. The highest BCUT2D eigenvalue weighted by atomic mass is 16.5. The molecule has 2 amide bonds. The molecular weight excluding hydrogens is 246 g/mol. The quantitative estimate of drug-likeness (QED) is 0.733. The lowest BCUT2D eigenvalue weighted by atomic mass is 10.1. The van der Waals surface area contributed by atoms with Gasteiger partial charge in [-0.2, -0.15) is 0 Å². The SMILES string of the molecule is COCCN1CC(C(=O)N2CCNC[C@H]2C)CC1=O. The van der Waals surface area contributed by atoms with Gasteiger partial charge in [-0.3, -0.25) is 9.59 Å². The zero-order chi connectivity index (χ0) is 13.8. The lowest BCUT2D eigenvalue weighted by Crippen LogP contribution is -2.54. The van der Waals surface area contributed by atoms with Crippen molar-refractivity contribution in [2.45, 2.75) is 19.4 Å². The number of nitrogens with one attached hydrogen (secondary N) is 1. The molecular formula is C13H23N3O3. The summed E-state index contributed by atoms with van der Waals surface area (Å²) >= 11 is 0. The van der Waals surface area contributed by atoms with Crippen LogP contribution in [-0.2, 0) is 14.3 Å². The predicted octanol–water partition coefficient (Wildman–Crippen LogP) is -0.698. The van der Waals surface area contributed by atoms with Crippen LogP contribution in [-0.4, -0.2) is 74.1 Å². The molecule has 1 N–H and O–H groups in total. The first-order valence-corrected chi connectivity index (χ1v) is 6.91. The second-order valence-electron chi connectivity index (χ2n) is 5.32. The van der Waals surface area contributed by atoms with Crippen LogP contribution in [0.25, 0.3) is 0 Å². The first-order valence-electron chi connectivity index (χ1n) is 6.91. The van der Waals surface area contributed by atoms with E-state index in [1.165, 1.54) is 0 Å². The molecule has 2 heterocycles. The van der Waals surface area contributed by atoms with Crippen LogP contribution < -0.4 is 5.32 Å². The van der Waals surface area contributed by atoms with Crippen LogP contribution in [0, 0.1) is 5.92 Å². The van der Waals surface area contributed by atoms with Crippen molar-refractivity contribution >= 4 is 11.8 Å². The normalized spacial score (nSPS) is 28.0. The standard InChI is InChI=1S/C13H23N3O3/c1-10-8-14-3-4-16(10)13(18)11-7-12(17)15(9-11)5-6-19-2/h10-11,14H,3-9H2,1-2H3/t10-,11?/m1/s1. The van der Waals surface area contributed by atoms with E-state index in [0.29, 0.717) is 26.1 Å². The number of carbonyl (C=O) groups is 2. The van der Waals surface area contributed by atoms with E-state index in [1.54, 1.807) is 12.0 Å². The van der Waals surface area contributed by atoms with Gasteiger partial charge in [0.1, 0.15) is 0 Å². The van der Waals surface area contributed by atoms with E-state index in [4.69, 9.17) is 4.74 Å². The second kappa shape index (κ2) is 6.34. The minimum atomic E-state index is -0.176. The van der Waals surface area contributed by atoms with Gasteiger partial charge in [-0.15, -0.1) is 0 Å². The molecule has 0 aromatic carbocycles. The van der Waals surface area contributed by atoms with Crippen molar-refractivity contribution in [1.82, 2.24) is 15.1 Å². The number of piperazine rings is 1. The van der Waals surface area contributed by atoms with Crippen molar-refractivity contribution in [1.29, 1.82) is 0 Å². The van der Waals surface area contributed by atoms with Crippen LogP contribution >= 0.6 is 0 Å². The molecule has 0 radical (unpaired) electrons. The van der Waals surface area contributed by atoms with Crippen LogP contribution in [0.15, 0.2) is 0 Å². The summed E-state index contributed by atoms with van der Waals surface area (Å²) < 4.78 is 4.98. The minimum Gasteiger partial charge on any atom is -0.383 e. The van der Waals surface area contributed by atoms with Gasteiger partial charge in [0.15, 0.2) is 0 Å². The summed E-state index contributed by atoms with van der Waals surface area (Å²) in [5.41, 5.74) is 0. The van der Waals surface area contributed by atoms with Crippen LogP contribution in [0.3, 0.4) is 0 Å². The largest absolute Gasteiger partial charge is 0.383 e. The smallest absolute Gasteiger partial charge is 0.228 e. The third-order valence-corrected chi connectivity index (χ3v) is 3.91. The second-order valence-corrected chi connectivity index (χ2v) is 5.32. The number of methoxy groups -OCH3 is 1. The Morgan fingerprint density at radius 1 is 1.53 bits per heavy atom. The van der Waals surface area contributed by atoms with Gasteiger partial charge in [-0.1, -0.05) is 0 Å². The summed E-state index contributed by atoms with van der Waals surface area (Å²) in [6.45, 7) is 6.10. The highest BCUT2D eigenvalue weighted by Crippen LogP contribution is 2.21. The topological polar surface area (TPSA) is 61.9 Å². The zero-order valence-electron chi connectivity index (χ0n) is 11.7. The Balaban J connectivity index is 1.91. The van der Waals surface area contributed by atoms with E-state index >= 15 is 0 Å². The molecule has 0 aromatic rings. The summed E-state index contributed by atoms with van der Waals surface area (Å²) in [6, 6.07) is 0.212. The Hall–Kier alpha value is -1.14. The first-order chi connectivity index (χ1) is 9.13. The van der Waals surface area contributed by atoms with Crippen molar-refractivity contribution in [2.24, 2.45) is 5.92 Å². The molecule has 1 unspecified atom stereocenters. The minimum absolute atomic E-state index is 0.0678. The molecule has 6 nitrogen and oxygen atoms in total. The summed E-state index contributed by atoms with van der Waals surface area (Å²) in [4.78, 5) is 28.0. The Labute approximate surface area is 114 Å². The number of amides is 2. The molecule has 2 aliphatic rings. The predicted molar refractivity (Wildman–Crippen MR) is 70.6 cm³/mol. The number of hydrogen-bond donors (Lipinski definition) is 1. The van der Waals surface area contributed by atoms with Gasteiger partial charge in [-0.05, 0) is 6.92 Å². The van der Waals surface area contributed by atoms with Crippen molar-refractivity contribution in [2.75, 3.05) is 46.4 Å². The van der Waals surface area contributed by atoms with Gasteiger partial charge < -0.3 is 19.9 Å². The van der Waals surface area contributed by atoms with Crippen LogP contribution in [0.4, 0.5) is 0 Å². The van der Waals surface area contributed by atoms with E-state index in [-0.39, 0.29) is 23.8 Å². The number of likely N-dealkylation sites (tertiary alicyclic amines) is 1. The molecule has 2 atom stereocenters. The Morgan fingerprint density at radius 3 is 3.00 bits per heavy atom. The van der Waals surface area contributed by atoms with Crippen molar-refractivity contribution < 1.29 is 14.3 Å². The molecule has 0 aliphatic carbocycles. The van der Waals surface area contributed by atoms with Gasteiger partial charge in [0.2, 0.25) is 11.8 Å². The van der Waals surface area contributed by atoms with Crippen LogP contribution in [0.1, 0.15) is 13.3 Å². The van der Waals surface area contributed by atoms with E-state index in [0.717, 1.165) is 19.6 Å². The summed E-state index contributed by atoms with van der Waals surface area (Å²) in [5.74, 6) is 0.0189. The lowest BCUT2D eigenvalue weighted by molar-refractivity contribution is -0.138. The van der Waals surface area contributed by atoms with Gasteiger partial charge in [0.25, 0.3) is 0 Å².